The van der Waals surface area contributed by atoms with E-state index in [9.17, 15) is 9.90 Å². The van der Waals surface area contributed by atoms with Crippen molar-refractivity contribution in [3.05, 3.63) is 12.2 Å². The largest absolute Gasteiger partial charge is 0.463 e. The number of ether oxygens (including phenoxy) is 1. The topological polar surface area (TPSA) is 66.8 Å². The van der Waals surface area contributed by atoms with Crippen molar-refractivity contribution in [3.63, 3.8) is 0 Å². The molecular formula is C9H16O4. The van der Waals surface area contributed by atoms with Crippen LogP contribution in [0, 0.1) is 0 Å². The zero-order valence-corrected chi connectivity index (χ0v) is 8.15. The maximum atomic E-state index is 10.8. The molecule has 0 radical (unpaired) electrons. The molecule has 0 aromatic heterocycles. The second kappa shape index (κ2) is 4.99. The van der Waals surface area contributed by atoms with Crippen molar-refractivity contribution in [2.24, 2.45) is 0 Å². The van der Waals surface area contributed by atoms with Crippen molar-refractivity contribution in [3.8, 4) is 0 Å². The molecule has 76 valence electrons. The van der Waals surface area contributed by atoms with Gasteiger partial charge in [0.05, 0.1) is 12.7 Å². The Balaban J connectivity index is 4.17. The van der Waals surface area contributed by atoms with Crippen molar-refractivity contribution in [2.45, 2.75) is 32.5 Å². The maximum Gasteiger partial charge on any atom is 0.330 e. The number of rotatable bonds is 4. The zero-order chi connectivity index (χ0) is 10.5. The molecule has 0 aliphatic carbocycles. The molecule has 0 unspecified atom stereocenters. The number of hydrogen-bond acceptors (Lipinski definition) is 4. The molecule has 0 saturated heterocycles. The SMILES string of the molecule is CCOC(=O)/C=C/[C@](C)(O)[C@@H](C)O. The molecule has 2 atom stereocenters. The van der Waals surface area contributed by atoms with E-state index < -0.39 is 17.7 Å². The highest BCUT2D eigenvalue weighted by Crippen LogP contribution is 2.10. The highest BCUT2D eigenvalue weighted by Gasteiger charge is 2.23. The van der Waals surface area contributed by atoms with E-state index in [0.29, 0.717) is 6.61 Å². The van der Waals surface area contributed by atoms with Crippen LogP contribution in [0.4, 0.5) is 0 Å². The Morgan fingerprint density at radius 2 is 2.23 bits per heavy atom. The van der Waals surface area contributed by atoms with Crippen molar-refractivity contribution in [2.75, 3.05) is 6.61 Å². The minimum Gasteiger partial charge on any atom is -0.463 e. The van der Waals surface area contributed by atoms with Gasteiger partial charge in [0.1, 0.15) is 5.60 Å². The van der Waals surface area contributed by atoms with Gasteiger partial charge in [-0.3, -0.25) is 0 Å². The minimum absolute atomic E-state index is 0.292. The van der Waals surface area contributed by atoms with Crippen LogP contribution in [0.3, 0.4) is 0 Å². The zero-order valence-electron chi connectivity index (χ0n) is 8.15. The molecule has 13 heavy (non-hydrogen) atoms. The van der Waals surface area contributed by atoms with Crippen LogP contribution in [0.15, 0.2) is 12.2 Å². The van der Waals surface area contributed by atoms with E-state index in [1.54, 1.807) is 6.92 Å². The summed E-state index contributed by atoms with van der Waals surface area (Å²) >= 11 is 0. The molecule has 0 aliphatic heterocycles. The van der Waals surface area contributed by atoms with E-state index in [0.717, 1.165) is 6.08 Å². The lowest BCUT2D eigenvalue weighted by Crippen LogP contribution is -2.34. The van der Waals surface area contributed by atoms with Gasteiger partial charge in [0.2, 0.25) is 0 Å². The molecule has 4 heteroatoms. The molecular weight excluding hydrogens is 172 g/mol. The Bertz CT molecular complexity index is 194. The Kier molecular flexibility index (Phi) is 4.66. The molecule has 0 saturated carbocycles. The molecule has 0 rings (SSSR count). The van der Waals surface area contributed by atoms with E-state index >= 15 is 0 Å². The quantitative estimate of drug-likeness (QED) is 0.490. The van der Waals surface area contributed by atoms with Crippen LogP contribution >= 0.6 is 0 Å². The lowest BCUT2D eigenvalue weighted by Gasteiger charge is -2.21. The predicted octanol–water partition coefficient (Wildman–Crippen LogP) is 0.237. The van der Waals surface area contributed by atoms with Crippen LogP contribution in [0.2, 0.25) is 0 Å². The van der Waals surface area contributed by atoms with Crippen LogP contribution in [-0.2, 0) is 9.53 Å². The van der Waals surface area contributed by atoms with Crippen LogP contribution in [0.5, 0.6) is 0 Å². The lowest BCUT2D eigenvalue weighted by molar-refractivity contribution is -0.137. The van der Waals surface area contributed by atoms with Gasteiger partial charge >= 0.3 is 5.97 Å². The fourth-order valence-corrected chi connectivity index (χ4v) is 0.566. The molecule has 0 bridgehead atoms. The van der Waals surface area contributed by atoms with Gasteiger partial charge in [0.25, 0.3) is 0 Å². The second-order valence-electron chi connectivity index (χ2n) is 2.99. The summed E-state index contributed by atoms with van der Waals surface area (Å²) in [6, 6.07) is 0. The van der Waals surface area contributed by atoms with Gasteiger partial charge < -0.3 is 14.9 Å². The van der Waals surface area contributed by atoms with Crippen LogP contribution in [-0.4, -0.2) is 34.5 Å². The monoisotopic (exact) mass is 188 g/mol. The predicted molar refractivity (Wildman–Crippen MR) is 48.1 cm³/mol. The molecule has 0 spiro atoms. The Morgan fingerprint density at radius 1 is 1.69 bits per heavy atom. The first-order valence-corrected chi connectivity index (χ1v) is 4.16. The van der Waals surface area contributed by atoms with Crippen molar-refractivity contribution >= 4 is 5.97 Å². The van der Waals surface area contributed by atoms with Gasteiger partial charge in [-0.05, 0) is 26.8 Å². The third-order valence-electron chi connectivity index (χ3n) is 1.69. The maximum absolute atomic E-state index is 10.8. The molecule has 0 amide bonds. The number of aliphatic hydroxyl groups excluding tert-OH is 1. The summed E-state index contributed by atoms with van der Waals surface area (Å²) in [4.78, 5) is 10.8. The standard InChI is InChI=1S/C9H16O4/c1-4-13-8(11)5-6-9(3,12)7(2)10/h5-7,10,12H,4H2,1-3H3/b6-5+/t7-,9+/m1/s1. The fourth-order valence-electron chi connectivity index (χ4n) is 0.566. The minimum atomic E-state index is -1.40. The summed E-state index contributed by atoms with van der Waals surface area (Å²) in [7, 11) is 0. The molecule has 0 aromatic rings. The highest BCUT2D eigenvalue weighted by molar-refractivity contribution is 5.82. The summed E-state index contributed by atoms with van der Waals surface area (Å²) in [6.07, 6.45) is 1.39. The summed E-state index contributed by atoms with van der Waals surface area (Å²) in [5.74, 6) is -0.525. The number of hydrogen-bond donors (Lipinski definition) is 2. The first-order chi connectivity index (χ1) is 5.90. The second-order valence-corrected chi connectivity index (χ2v) is 2.99. The van der Waals surface area contributed by atoms with Gasteiger partial charge in [0, 0.05) is 6.08 Å². The molecule has 0 fully saturated rings. The van der Waals surface area contributed by atoms with E-state index in [2.05, 4.69) is 4.74 Å². The number of aliphatic hydroxyl groups is 2. The van der Waals surface area contributed by atoms with Gasteiger partial charge in [0.15, 0.2) is 0 Å². The van der Waals surface area contributed by atoms with E-state index in [4.69, 9.17) is 5.11 Å². The lowest BCUT2D eigenvalue weighted by atomic mass is 10.0. The average molecular weight is 188 g/mol. The van der Waals surface area contributed by atoms with Crippen molar-refractivity contribution < 1.29 is 19.7 Å². The first-order valence-electron chi connectivity index (χ1n) is 4.16. The molecule has 2 N–H and O–H groups in total. The fraction of sp³-hybridized carbons (Fsp3) is 0.667. The van der Waals surface area contributed by atoms with E-state index in [-0.39, 0.29) is 0 Å². The van der Waals surface area contributed by atoms with Gasteiger partial charge in [-0.1, -0.05) is 0 Å². The Hall–Kier alpha value is -0.870. The molecule has 0 aromatic carbocycles. The number of esters is 1. The Labute approximate surface area is 77.8 Å². The van der Waals surface area contributed by atoms with Crippen LogP contribution in [0.1, 0.15) is 20.8 Å². The summed E-state index contributed by atoms with van der Waals surface area (Å²) < 4.78 is 4.60. The Morgan fingerprint density at radius 3 is 2.62 bits per heavy atom. The summed E-state index contributed by atoms with van der Waals surface area (Å²) in [5.41, 5.74) is -1.40. The summed E-state index contributed by atoms with van der Waals surface area (Å²) in [6.45, 7) is 4.83. The van der Waals surface area contributed by atoms with Crippen molar-refractivity contribution in [1.82, 2.24) is 0 Å². The van der Waals surface area contributed by atoms with Crippen LogP contribution in [0.25, 0.3) is 0 Å². The third-order valence-corrected chi connectivity index (χ3v) is 1.69. The highest BCUT2D eigenvalue weighted by atomic mass is 16.5. The van der Waals surface area contributed by atoms with Gasteiger partial charge in [-0.2, -0.15) is 0 Å². The van der Waals surface area contributed by atoms with Gasteiger partial charge in [-0.25, -0.2) is 4.79 Å². The van der Waals surface area contributed by atoms with E-state index in [1.165, 1.54) is 19.9 Å². The number of carbonyl (C=O) groups is 1. The first kappa shape index (κ1) is 12.1. The molecule has 0 aliphatic rings. The van der Waals surface area contributed by atoms with Crippen molar-refractivity contribution in [1.29, 1.82) is 0 Å². The van der Waals surface area contributed by atoms with Gasteiger partial charge in [-0.15, -0.1) is 0 Å². The number of carbonyl (C=O) groups excluding carboxylic acids is 1. The summed E-state index contributed by atoms with van der Waals surface area (Å²) in [5, 5.41) is 18.5. The molecule has 4 nitrogen and oxygen atoms in total. The van der Waals surface area contributed by atoms with E-state index in [1.807, 2.05) is 0 Å². The molecule has 0 heterocycles. The average Bonchev–Trinajstić information content (AvgIpc) is 2.01. The van der Waals surface area contributed by atoms with Crippen LogP contribution < -0.4 is 0 Å². The normalized spacial score (nSPS) is 18.2. The third kappa shape index (κ3) is 4.65. The smallest absolute Gasteiger partial charge is 0.330 e.